The van der Waals surface area contributed by atoms with Crippen LogP contribution in [0.2, 0.25) is 0 Å². The number of aromatic nitrogens is 4. The number of rotatable bonds is 10. The molecule has 0 aliphatic rings. The van der Waals surface area contributed by atoms with Crippen molar-refractivity contribution in [2.45, 2.75) is 90.9 Å². The van der Waals surface area contributed by atoms with E-state index >= 15 is 0 Å². The molecule has 3 heterocycles. The van der Waals surface area contributed by atoms with Crippen molar-refractivity contribution in [2.24, 2.45) is 0 Å². The molecule has 7 aromatic carbocycles. The molecule has 6 heteroatoms. The van der Waals surface area contributed by atoms with Crippen LogP contribution >= 0.6 is 0 Å². The Morgan fingerprint density at radius 3 is 1.76 bits per heavy atom. The molecule has 0 bridgehead atoms. The molecule has 0 aliphatic heterocycles. The number of hydrogen-bond donors (Lipinski definition) is 0. The summed E-state index contributed by atoms with van der Waals surface area (Å²) in [5.74, 6) is 2.00. The van der Waals surface area contributed by atoms with Crippen LogP contribution in [0.15, 0.2) is 182 Å². The van der Waals surface area contributed by atoms with E-state index in [1.54, 1.807) is 0 Å². The summed E-state index contributed by atoms with van der Waals surface area (Å²) >= 11 is 0. The first-order valence-electron chi connectivity index (χ1n) is 24.0. The summed E-state index contributed by atoms with van der Waals surface area (Å²) in [6, 6.07) is 65.8. The Morgan fingerprint density at radius 2 is 1.11 bits per heavy atom. The second kappa shape index (κ2) is 18.5. The molecule has 0 radical (unpaired) electrons. The van der Waals surface area contributed by atoms with Crippen molar-refractivity contribution in [3.8, 4) is 39.8 Å². The topological polar surface area (TPSA) is 35.9 Å². The first-order valence-corrected chi connectivity index (χ1v) is 24.0. The zero-order valence-corrected chi connectivity index (χ0v) is 44.1. The van der Waals surface area contributed by atoms with Crippen molar-refractivity contribution in [3.63, 3.8) is 0 Å². The van der Waals surface area contributed by atoms with E-state index in [1.165, 1.54) is 33.4 Å². The summed E-state index contributed by atoms with van der Waals surface area (Å²) in [6.45, 7) is 22.7. The fraction of sp³-hybridized carbons (Fsp3) is 0.219. The maximum atomic E-state index is 6.94. The van der Waals surface area contributed by atoms with E-state index in [1.807, 2.05) is 16.8 Å². The first-order chi connectivity index (χ1) is 32.9. The Morgan fingerprint density at radius 1 is 0.500 bits per heavy atom. The summed E-state index contributed by atoms with van der Waals surface area (Å²) in [5.41, 5.74) is 12.7. The van der Waals surface area contributed by atoms with Crippen LogP contribution in [0, 0.1) is 18.5 Å². The van der Waals surface area contributed by atoms with Crippen LogP contribution in [0.1, 0.15) is 103 Å². The average molecular weight is 1100 g/mol. The van der Waals surface area contributed by atoms with Gasteiger partial charge in [-0.2, -0.15) is 12.1 Å². The Balaban J connectivity index is 0.00000608. The molecular weight excluding hydrogens is 1040 g/mol. The number of fused-ring (bicyclic) bond motifs is 3. The van der Waals surface area contributed by atoms with Gasteiger partial charge < -0.3 is 13.9 Å². The number of benzene rings is 7. The van der Waals surface area contributed by atoms with Gasteiger partial charge in [0.15, 0.2) is 0 Å². The normalized spacial score (nSPS) is 12.3. The van der Waals surface area contributed by atoms with Gasteiger partial charge in [-0.05, 0) is 96.6 Å². The SMILES string of the molecule is CC(C)(C)c1cc(-[n+]2[c-]n(-c3[c-]c(Oc4[c-]c5c(cc4)c4cc(-c6ccccc6)ccc4n5-c4cc(C(C)(C)C)ccn4)cc(C(C)(C)c4ccccc4)c3)cc2)cc(C(C)(C)c2ccccc2)c1.[Pt]. The van der Waals surface area contributed by atoms with Crippen LogP contribution in [0.3, 0.4) is 0 Å². The third kappa shape index (κ3) is 9.32. The number of pyridine rings is 1. The second-order valence-corrected chi connectivity index (χ2v) is 21.5. The minimum absolute atomic E-state index is 0. The fourth-order valence-corrected chi connectivity index (χ4v) is 9.41. The van der Waals surface area contributed by atoms with E-state index in [0.717, 1.165) is 50.1 Å². The monoisotopic (exact) mass is 1100 g/mol. The van der Waals surface area contributed by atoms with Crippen LogP contribution in [-0.4, -0.2) is 14.1 Å². The molecule has 354 valence electrons. The predicted octanol–water partition coefficient (Wildman–Crippen LogP) is 15.4. The fourth-order valence-electron chi connectivity index (χ4n) is 9.41. The molecule has 0 amide bonds. The summed E-state index contributed by atoms with van der Waals surface area (Å²) in [7, 11) is 0. The van der Waals surface area contributed by atoms with E-state index in [0.29, 0.717) is 11.5 Å². The van der Waals surface area contributed by atoms with Gasteiger partial charge in [-0.3, -0.25) is 4.57 Å². The maximum absolute atomic E-state index is 6.94. The number of ether oxygens (including phenoxy) is 1. The van der Waals surface area contributed by atoms with Crippen molar-refractivity contribution in [1.29, 1.82) is 0 Å². The third-order valence-corrected chi connectivity index (χ3v) is 14.0. The molecule has 0 aliphatic carbocycles. The Hall–Kier alpha value is -6.81. The van der Waals surface area contributed by atoms with Crippen LogP contribution in [0.25, 0.3) is 50.1 Å². The molecule has 0 spiro atoms. The van der Waals surface area contributed by atoms with E-state index in [9.17, 15) is 0 Å². The molecule has 0 N–H and O–H groups in total. The maximum Gasteiger partial charge on any atom is 0.267 e. The van der Waals surface area contributed by atoms with Crippen LogP contribution in [0.4, 0.5) is 0 Å². The van der Waals surface area contributed by atoms with Gasteiger partial charge in [0.05, 0.1) is 5.69 Å². The van der Waals surface area contributed by atoms with Gasteiger partial charge in [0, 0.05) is 62.1 Å². The quantitative estimate of drug-likeness (QED) is 0.101. The van der Waals surface area contributed by atoms with Crippen LogP contribution in [-0.2, 0) is 42.7 Å². The average Bonchev–Trinajstić information content (AvgIpc) is 3.98. The first kappa shape index (κ1) is 48.2. The van der Waals surface area contributed by atoms with Crippen molar-refractivity contribution < 1.29 is 30.4 Å². The summed E-state index contributed by atoms with van der Waals surface area (Å²) in [5, 5.41) is 2.19. The Bertz CT molecular complexity index is 3480. The molecular formula is C64H60N4OPt-2. The second-order valence-electron chi connectivity index (χ2n) is 21.5. The molecule has 10 aromatic rings. The van der Waals surface area contributed by atoms with Gasteiger partial charge in [0.1, 0.15) is 5.82 Å². The summed E-state index contributed by atoms with van der Waals surface area (Å²) in [4.78, 5) is 4.96. The molecule has 0 unspecified atom stereocenters. The van der Waals surface area contributed by atoms with Crippen molar-refractivity contribution >= 4 is 21.8 Å². The van der Waals surface area contributed by atoms with Gasteiger partial charge in [-0.15, -0.1) is 35.2 Å². The molecule has 3 aromatic heterocycles. The Labute approximate surface area is 428 Å². The molecule has 70 heavy (non-hydrogen) atoms. The zero-order chi connectivity index (χ0) is 48.3. The molecule has 0 saturated carbocycles. The number of hydrogen-bond acceptors (Lipinski definition) is 2. The summed E-state index contributed by atoms with van der Waals surface area (Å²) < 4.78 is 13.3. The molecule has 0 fully saturated rings. The molecule has 0 atom stereocenters. The standard InChI is InChI=1S/C64H60N4O.Pt/c1-61(2,3)48-30-31-65-60(40-48)68-58-29-26-45(44-20-14-11-15-21-44)34-57(58)56-28-27-54(42-59(56)68)69-55-39-51(64(9,10)47-24-18-13-19-25-47)38-53(41-55)67-33-32-66(43-67)52-36-49(62(4,5)6)35-50(37-52)63(7,8)46-22-16-12-17-23-46;/h11-40H,1-10H3;/q-2;. The molecule has 0 saturated heterocycles. The minimum atomic E-state index is -0.369. The zero-order valence-electron chi connectivity index (χ0n) is 41.8. The van der Waals surface area contributed by atoms with Crippen molar-refractivity contribution in [2.75, 3.05) is 0 Å². The van der Waals surface area contributed by atoms with Crippen molar-refractivity contribution in [1.82, 2.24) is 14.1 Å². The minimum Gasteiger partial charge on any atom is -0.510 e. The van der Waals surface area contributed by atoms with E-state index in [2.05, 4.69) is 267 Å². The van der Waals surface area contributed by atoms with Gasteiger partial charge in [-0.25, -0.2) is 4.98 Å². The van der Waals surface area contributed by atoms with E-state index < -0.39 is 0 Å². The van der Waals surface area contributed by atoms with Gasteiger partial charge in [0.25, 0.3) is 6.33 Å². The van der Waals surface area contributed by atoms with Gasteiger partial charge in [-0.1, -0.05) is 184 Å². The third-order valence-electron chi connectivity index (χ3n) is 14.0. The van der Waals surface area contributed by atoms with Crippen molar-refractivity contribution in [3.05, 3.63) is 234 Å². The summed E-state index contributed by atoms with van der Waals surface area (Å²) in [6.07, 6.45) is 9.73. The molecule has 5 nitrogen and oxygen atoms in total. The van der Waals surface area contributed by atoms with E-state index in [-0.39, 0.29) is 42.7 Å². The predicted molar refractivity (Wildman–Crippen MR) is 282 cm³/mol. The number of nitrogens with zero attached hydrogens (tertiary/aromatic N) is 4. The molecule has 10 rings (SSSR count). The largest absolute Gasteiger partial charge is 0.510 e. The number of imidazole rings is 1. The Kier molecular flexibility index (Phi) is 12.7. The van der Waals surface area contributed by atoms with E-state index in [4.69, 9.17) is 9.72 Å². The van der Waals surface area contributed by atoms with Gasteiger partial charge in [0.2, 0.25) is 0 Å². The van der Waals surface area contributed by atoms with Crippen LogP contribution < -0.4 is 9.30 Å². The van der Waals surface area contributed by atoms with Gasteiger partial charge >= 0.3 is 0 Å². The smallest absolute Gasteiger partial charge is 0.267 e. The van der Waals surface area contributed by atoms with Crippen LogP contribution in [0.5, 0.6) is 11.5 Å².